The van der Waals surface area contributed by atoms with Gasteiger partial charge in [-0.2, -0.15) is 0 Å². The van der Waals surface area contributed by atoms with Gasteiger partial charge in [-0.1, -0.05) is 5.57 Å². The zero-order valence-electron chi connectivity index (χ0n) is 7.46. The van der Waals surface area contributed by atoms with E-state index in [1.807, 2.05) is 6.92 Å². The first-order chi connectivity index (χ1) is 6.11. The summed E-state index contributed by atoms with van der Waals surface area (Å²) in [7, 11) is 0. The van der Waals surface area contributed by atoms with Crippen molar-refractivity contribution in [1.29, 1.82) is 0 Å². The summed E-state index contributed by atoms with van der Waals surface area (Å²) in [4.78, 5) is 15.3. The van der Waals surface area contributed by atoms with Crippen LogP contribution in [0.15, 0.2) is 33.9 Å². The number of halogens is 1. The molecule has 0 radical (unpaired) electrons. The minimum absolute atomic E-state index is 0.0451. The van der Waals surface area contributed by atoms with E-state index >= 15 is 0 Å². The highest BCUT2D eigenvalue weighted by molar-refractivity contribution is 9.10. The summed E-state index contributed by atoms with van der Waals surface area (Å²) >= 11 is 3.13. The maximum absolute atomic E-state index is 11.4. The van der Waals surface area contributed by atoms with Gasteiger partial charge in [0, 0.05) is 12.7 Å². The Bertz CT molecular complexity index is 370. The molecule has 0 aromatic carbocycles. The van der Waals surface area contributed by atoms with Crippen LogP contribution < -0.4 is 5.56 Å². The Morgan fingerprint density at radius 2 is 2.46 bits per heavy atom. The van der Waals surface area contributed by atoms with E-state index in [0.717, 1.165) is 12.0 Å². The molecule has 0 aliphatic heterocycles. The van der Waals surface area contributed by atoms with Crippen LogP contribution >= 0.6 is 15.9 Å². The molecule has 4 heteroatoms. The molecule has 1 rings (SSSR count). The van der Waals surface area contributed by atoms with E-state index < -0.39 is 0 Å². The Balaban J connectivity index is 2.84. The van der Waals surface area contributed by atoms with Gasteiger partial charge in [0.2, 0.25) is 0 Å². The second-order valence-electron chi connectivity index (χ2n) is 2.95. The third-order valence-corrected chi connectivity index (χ3v) is 2.18. The lowest BCUT2D eigenvalue weighted by Gasteiger charge is -2.03. The maximum Gasteiger partial charge on any atom is 0.267 e. The van der Waals surface area contributed by atoms with Gasteiger partial charge in [-0.15, -0.1) is 6.58 Å². The molecule has 13 heavy (non-hydrogen) atoms. The quantitative estimate of drug-likeness (QED) is 0.760. The van der Waals surface area contributed by atoms with E-state index in [2.05, 4.69) is 27.5 Å². The average molecular weight is 243 g/mol. The van der Waals surface area contributed by atoms with Crippen LogP contribution in [0.3, 0.4) is 0 Å². The van der Waals surface area contributed by atoms with Crippen molar-refractivity contribution in [3.8, 4) is 0 Å². The van der Waals surface area contributed by atoms with Crippen LogP contribution in [0.2, 0.25) is 0 Å². The highest BCUT2D eigenvalue weighted by Crippen LogP contribution is 2.01. The molecule has 70 valence electrons. The van der Waals surface area contributed by atoms with E-state index in [1.54, 1.807) is 4.57 Å². The van der Waals surface area contributed by atoms with Crippen molar-refractivity contribution in [1.82, 2.24) is 9.55 Å². The standard InChI is InChI=1S/C9H11BrN2O/c1-7(2)3-4-12-6-11-5-8(10)9(12)13/h5-6H,1,3-4H2,2H3. The van der Waals surface area contributed by atoms with Crippen LogP contribution in [0.4, 0.5) is 0 Å². The molecule has 0 amide bonds. The molecule has 1 aromatic heterocycles. The Kier molecular flexibility index (Phi) is 3.42. The molecule has 0 spiro atoms. The Hall–Kier alpha value is -0.900. The number of aryl methyl sites for hydroxylation is 1. The monoisotopic (exact) mass is 242 g/mol. The van der Waals surface area contributed by atoms with Crippen LogP contribution in [0.25, 0.3) is 0 Å². The van der Waals surface area contributed by atoms with Crippen LogP contribution in [-0.2, 0) is 6.54 Å². The minimum atomic E-state index is -0.0451. The lowest BCUT2D eigenvalue weighted by molar-refractivity contribution is 0.649. The molecule has 0 N–H and O–H groups in total. The lowest BCUT2D eigenvalue weighted by Crippen LogP contribution is -2.20. The van der Waals surface area contributed by atoms with Crippen molar-refractivity contribution < 1.29 is 0 Å². The highest BCUT2D eigenvalue weighted by atomic mass is 79.9. The number of hydrogen-bond acceptors (Lipinski definition) is 2. The van der Waals surface area contributed by atoms with Gasteiger partial charge in [-0.05, 0) is 29.3 Å². The predicted octanol–water partition coefficient (Wildman–Crippen LogP) is 1.97. The first-order valence-corrected chi connectivity index (χ1v) is 4.75. The van der Waals surface area contributed by atoms with Crippen LogP contribution in [0.5, 0.6) is 0 Å². The summed E-state index contributed by atoms with van der Waals surface area (Å²) in [6.07, 6.45) is 3.84. The smallest absolute Gasteiger partial charge is 0.267 e. The molecule has 0 fully saturated rings. The minimum Gasteiger partial charge on any atom is -0.298 e. The fourth-order valence-electron chi connectivity index (χ4n) is 0.895. The van der Waals surface area contributed by atoms with E-state index in [4.69, 9.17) is 0 Å². The Morgan fingerprint density at radius 3 is 3.08 bits per heavy atom. The van der Waals surface area contributed by atoms with Crippen molar-refractivity contribution in [2.24, 2.45) is 0 Å². The molecule has 0 atom stereocenters. The van der Waals surface area contributed by atoms with E-state index in [0.29, 0.717) is 11.0 Å². The van der Waals surface area contributed by atoms with Gasteiger partial charge < -0.3 is 0 Å². The lowest BCUT2D eigenvalue weighted by atomic mass is 10.2. The first kappa shape index (κ1) is 10.2. The summed E-state index contributed by atoms with van der Waals surface area (Å²) < 4.78 is 2.07. The molecule has 1 heterocycles. The first-order valence-electron chi connectivity index (χ1n) is 3.95. The van der Waals surface area contributed by atoms with Gasteiger partial charge >= 0.3 is 0 Å². The summed E-state index contributed by atoms with van der Waals surface area (Å²) in [6.45, 7) is 6.36. The third kappa shape index (κ3) is 2.81. The van der Waals surface area contributed by atoms with E-state index in [1.165, 1.54) is 12.5 Å². The van der Waals surface area contributed by atoms with Crippen molar-refractivity contribution in [3.63, 3.8) is 0 Å². The van der Waals surface area contributed by atoms with Gasteiger partial charge in [0.15, 0.2) is 0 Å². The number of rotatable bonds is 3. The summed E-state index contributed by atoms with van der Waals surface area (Å²) in [5.41, 5.74) is 1.02. The molecule has 3 nitrogen and oxygen atoms in total. The predicted molar refractivity (Wildman–Crippen MR) is 55.6 cm³/mol. The van der Waals surface area contributed by atoms with Gasteiger partial charge in [-0.25, -0.2) is 4.98 Å². The normalized spacial score (nSPS) is 10.0. The molecule has 0 saturated carbocycles. The maximum atomic E-state index is 11.4. The number of hydrogen-bond donors (Lipinski definition) is 0. The molecular formula is C9H11BrN2O. The third-order valence-electron chi connectivity index (χ3n) is 1.64. The molecule has 0 unspecified atom stereocenters. The van der Waals surface area contributed by atoms with Gasteiger partial charge in [0.05, 0.1) is 6.33 Å². The Morgan fingerprint density at radius 1 is 1.77 bits per heavy atom. The zero-order chi connectivity index (χ0) is 9.84. The van der Waals surface area contributed by atoms with Gasteiger partial charge in [0.1, 0.15) is 4.47 Å². The average Bonchev–Trinajstić information content (AvgIpc) is 2.07. The SMILES string of the molecule is C=C(C)CCn1cncc(Br)c1=O. The summed E-state index contributed by atoms with van der Waals surface area (Å²) in [5, 5.41) is 0. The molecule has 0 aliphatic rings. The van der Waals surface area contributed by atoms with Gasteiger partial charge in [-0.3, -0.25) is 9.36 Å². The van der Waals surface area contributed by atoms with E-state index in [-0.39, 0.29) is 5.56 Å². The van der Waals surface area contributed by atoms with Gasteiger partial charge in [0.25, 0.3) is 5.56 Å². The highest BCUT2D eigenvalue weighted by Gasteiger charge is 1.99. The molecular weight excluding hydrogens is 232 g/mol. The fraction of sp³-hybridized carbons (Fsp3) is 0.333. The largest absolute Gasteiger partial charge is 0.298 e. The fourth-order valence-corrected chi connectivity index (χ4v) is 1.24. The van der Waals surface area contributed by atoms with Crippen molar-refractivity contribution >= 4 is 15.9 Å². The number of allylic oxidation sites excluding steroid dienone is 1. The van der Waals surface area contributed by atoms with Crippen molar-refractivity contribution in [2.75, 3.05) is 0 Å². The van der Waals surface area contributed by atoms with E-state index in [9.17, 15) is 4.79 Å². The van der Waals surface area contributed by atoms with Crippen LogP contribution in [0, 0.1) is 0 Å². The molecule has 0 saturated heterocycles. The van der Waals surface area contributed by atoms with Crippen LogP contribution in [-0.4, -0.2) is 9.55 Å². The zero-order valence-corrected chi connectivity index (χ0v) is 9.04. The Labute approximate surface area is 85.2 Å². The van der Waals surface area contributed by atoms with Crippen molar-refractivity contribution in [3.05, 3.63) is 39.5 Å². The molecule has 0 aliphatic carbocycles. The topological polar surface area (TPSA) is 34.9 Å². The summed E-state index contributed by atoms with van der Waals surface area (Å²) in [6, 6.07) is 0. The molecule has 1 aromatic rings. The number of nitrogens with zero attached hydrogens (tertiary/aromatic N) is 2. The number of aromatic nitrogens is 2. The molecule has 0 bridgehead atoms. The second kappa shape index (κ2) is 4.37. The summed E-state index contributed by atoms with van der Waals surface area (Å²) in [5.74, 6) is 0. The van der Waals surface area contributed by atoms with Crippen molar-refractivity contribution in [2.45, 2.75) is 19.9 Å². The van der Waals surface area contributed by atoms with Crippen LogP contribution in [0.1, 0.15) is 13.3 Å². The second-order valence-corrected chi connectivity index (χ2v) is 3.80.